The second-order valence-corrected chi connectivity index (χ2v) is 6.89. The number of hydrogen-bond acceptors (Lipinski definition) is 3. The number of rotatable bonds is 6. The smallest absolute Gasteiger partial charge is 0.240 e. The lowest BCUT2D eigenvalue weighted by Gasteiger charge is -2.25. The minimum Gasteiger partial charge on any atom is -0.342 e. The van der Waals surface area contributed by atoms with Gasteiger partial charge >= 0.3 is 0 Å². The number of benzene rings is 2. The van der Waals surface area contributed by atoms with Crippen molar-refractivity contribution in [3.8, 4) is 0 Å². The first-order valence-corrected chi connectivity index (χ1v) is 9.47. The van der Waals surface area contributed by atoms with Crippen molar-refractivity contribution in [1.29, 1.82) is 0 Å². The Morgan fingerprint density at radius 1 is 0.960 bits per heavy atom. The second kappa shape index (κ2) is 8.17. The summed E-state index contributed by atoms with van der Waals surface area (Å²) in [5, 5.41) is 1.70. The molecule has 4 heteroatoms. The summed E-state index contributed by atoms with van der Waals surface area (Å²) in [4.78, 5) is 19.7. The highest BCUT2D eigenvalue weighted by atomic mass is 32.2. The molecule has 1 atom stereocenters. The van der Waals surface area contributed by atoms with Crippen LogP contribution in [0.1, 0.15) is 24.7 Å². The van der Waals surface area contributed by atoms with Crippen LogP contribution in [0.4, 0.5) is 0 Å². The Balaban J connectivity index is 1.94. The van der Waals surface area contributed by atoms with Crippen LogP contribution in [0, 0.1) is 0 Å². The number of carbonyl (C=O) groups excluding carboxylic acids is 1. The average molecular weight is 350 g/mol. The summed E-state index contributed by atoms with van der Waals surface area (Å²) in [5.74, 6) is 0.135. The van der Waals surface area contributed by atoms with E-state index in [9.17, 15) is 4.79 Å². The minimum absolute atomic E-state index is 0.135. The normalized spacial score (nSPS) is 12.1. The Morgan fingerprint density at radius 3 is 2.36 bits per heavy atom. The first-order valence-electron chi connectivity index (χ1n) is 8.59. The third kappa shape index (κ3) is 4.02. The molecule has 1 heterocycles. The fourth-order valence-electron chi connectivity index (χ4n) is 2.82. The van der Waals surface area contributed by atoms with Crippen LogP contribution in [0.2, 0.25) is 0 Å². The monoisotopic (exact) mass is 350 g/mol. The Bertz CT molecular complexity index is 847. The summed E-state index contributed by atoms with van der Waals surface area (Å²) in [5.41, 5.74) is 1.97. The highest BCUT2D eigenvalue weighted by Crippen LogP contribution is 2.36. The van der Waals surface area contributed by atoms with Crippen LogP contribution in [-0.4, -0.2) is 28.9 Å². The standard InChI is InChI=1S/C21H22N2OS/c1-3-23(4-2)21(24)20(17-11-6-5-7-12-17)25-19-15-14-16-10-8-9-13-18(16)22-19/h5-15,20H,3-4H2,1-2H3. The van der Waals surface area contributed by atoms with Gasteiger partial charge in [-0.15, -0.1) is 0 Å². The fraction of sp³-hybridized carbons (Fsp3) is 0.238. The molecule has 25 heavy (non-hydrogen) atoms. The molecule has 3 aromatic rings. The maximum atomic E-state index is 13.1. The van der Waals surface area contributed by atoms with E-state index < -0.39 is 0 Å². The number of amides is 1. The van der Waals surface area contributed by atoms with Gasteiger partial charge in [-0.3, -0.25) is 4.79 Å². The molecule has 0 aliphatic rings. The van der Waals surface area contributed by atoms with E-state index >= 15 is 0 Å². The first-order chi connectivity index (χ1) is 12.2. The third-order valence-electron chi connectivity index (χ3n) is 4.21. The molecular formula is C21H22N2OS. The van der Waals surface area contributed by atoms with Gasteiger partial charge in [-0.05, 0) is 31.5 Å². The highest BCUT2D eigenvalue weighted by molar-refractivity contribution is 8.00. The second-order valence-electron chi connectivity index (χ2n) is 5.76. The summed E-state index contributed by atoms with van der Waals surface area (Å²) in [6, 6.07) is 22.1. The predicted octanol–water partition coefficient (Wildman–Crippen LogP) is 4.94. The first kappa shape index (κ1) is 17.5. The summed E-state index contributed by atoms with van der Waals surface area (Å²) in [7, 11) is 0. The zero-order chi connectivity index (χ0) is 17.6. The molecule has 1 aromatic heterocycles. The highest BCUT2D eigenvalue weighted by Gasteiger charge is 2.26. The molecule has 3 nitrogen and oxygen atoms in total. The molecule has 0 aliphatic heterocycles. The summed E-state index contributed by atoms with van der Waals surface area (Å²) in [6.07, 6.45) is 0. The van der Waals surface area contributed by atoms with E-state index in [1.54, 1.807) is 0 Å². The molecule has 3 rings (SSSR count). The molecule has 0 bridgehead atoms. The van der Waals surface area contributed by atoms with Gasteiger partial charge in [-0.2, -0.15) is 0 Å². The Hall–Kier alpha value is -2.33. The lowest BCUT2D eigenvalue weighted by Crippen LogP contribution is -2.33. The molecule has 0 fully saturated rings. The number of likely N-dealkylation sites (N-methyl/N-ethyl adjacent to an activating group) is 1. The Morgan fingerprint density at radius 2 is 1.64 bits per heavy atom. The van der Waals surface area contributed by atoms with E-state index in [1.807, 2.05) is 79.4 Å². The molecule has 0 saturated carbocycles. The van der Waals surface area contributed by atoms with E-state index in [0.29, 0.717) is 13.1 Å². The fourth-order valence-corrected chi connectivity index (χ4v) is 3.91. The van der Waals surface area contributed by atoms with Crippen molar-refractivity contribution in [3.05, 3.63) is 72.3 Å². The molecule has 1 amide bonds. The number of thioether (sulfide) groups is 1. The van der Waals surface area contributed by atoms with E-state index in [-0.39, 0.29) is 11.2 Å². The van der Waals surface area contributed by atoms with Gasteiger partial charge in [0, 0.05) is 18.5 Å². The maximum Gasteiger partial charge on any atom is 0.240 e. The average Bonchev–Trinajstić information content (AvgIpc) is 2.67. The molecule has 128 valence electrons. The van der Waals surface area contributed by atoms with Gasteiger partial charge in [0.1, 0.15) is 5.25 Å². The van der Waals surface area contributed by atoms with Crippen molar-refractivity contribution in [1.82, 2.24) is 9.88 Å². The Kier molecular flexibility index (Phi) is 5.71. The number of hydrogen-bond donors (Lipinski definition) is 0. The molecule has 2 aromatic carbocycles. The Labute approximate surface area is 153 Å². The van der Waals surface area contributed by atoms with Crippen LogP contribution >= 0.6 is 11.8 Å². The van der Waals surface area contributed by atoms with Crippen LogP contribution < -0.4 is 0 Å². The van der Waals surface area contributed by atoms with Crippen molar-refractivity contribution >= 4 is 28.6 Å². The molecular weight excluding hydrogens is 328 g/mol. The number of nitrogens with zero attached hydrogens (tertiary/aromatic N) is 2. The maximum absolute atomic E-state index is 13.1. The number of pyridine rings is 1. The number of fused-ring (bicyclic) bond motifs is 1. The third-order valence-corrected chi connectivity index (χ3v) is 5.39. The molecule has 0 spiro atoms. The molecule has 0 N–H and O–H groups in total. The molecule has 1 unspecified atom stereocenters. The molecule has 0 aliphatic carbocycles. The lowest BCUT2D eigenvalue weighted by molar-refractivity contribution is -0.130. The van der Waals surface area contributed by atoms with Crippen molar-refractivity contribution in [2.24, 2.45) is 0 Å². The number of para-hydroxylation sites is 1. The van der Waals surface area contributed by atoms with Gasteiger partial charge < -0.3 is 4.90 Å². The number of carbonyl (C=O) groups is 1. The summed E-state index contributed by atoms with van der Waals surface area (Å²) in [6.45, 7) is 5.46. The van der Waals surface area contributed by atoms with Gasteiger partial charge in [0.2, 0.25) is 5.91 Å². The van der Waals surface area contributed by atoms with Crippen LogP contribution in [0.5, 0.6) is 0 Å². The van der Waals surface area contributed by atoms with Gasteiger partial charge in [-0.1, -0.05) is 66.4 Å². The van der Waals surface area contributed by atoms with Gasteiger partial charge in [-0.25, -0.2) is 4.98 Å². The van der Waals surface area contributed by atoms with Crippen LogP contribution in [0.3, 0.4) is 0 Å². The van der Waals surface area contributed by atoms with Gasteiger partial charge in [0.25, 0.3) is 0 Å². The van der Waals surface area contributed by atoms with Gasteiger partial charge in [0.05, 0.1) is 10.5 Å². The molecule has 0 saturated heterocycles. The van der Waals surface area contributed by atoms with Crippen molar-refractivity contribution in [3.63, 3.8) is 0 Å². The SMILES string of the molecule is CCN(CC)C(=O)C(Sc1ccc2ccccc2n1)c1ccccc1. The largest absolute Gasteiger partial charge is 0.342 e. The van der Waals surface area contributed by atoms with E-state index in [1.165, 1.54) is 11.8 Å². The van der Waals surface area contributed by atoms with E-state index in [4.69, 9.17) is 4.98 Å². The predicted molar refractivity (Wildman–Crippen MR) is 105 cm³/mol. The number of aromatic nitrogens is 1. The lowest BCUT2D eigenvalue weighted by atomic mass is 10.1. The zero-order valence-corrected chi connectivity index (χ0v) is 15.4. The summed E-state index contributed by atoms with van der Waals surface area (Å²) < 4.78 is 0. The quantitative estimate of drug-likeness (QED) is 0.591. The van der Waals surface area contributed by atoms with Crippen LogP contribution in [0.25, 0.3) is 10.9 Å². The van der Waals surface area contributed by atoms with Crippen LogP contribution in [-0.2, 0) is 4.79 Å². The van der Waals surface area contributed by atoms with E-state index in [2.05, 4.69) is 6.07 Å². The summed E-state index contributed by atoms with van der Waals surface area (Å²) >= 11 is 1.52. The van der Waals surface area contributed by atoms with Crippen LogP contribution in [0.15, 0.2) is 71.8 Å². The van der Waals surface area contributed by atoms with E-state index in [0.717, 1.165) is 21.5 Å². The minimum atomic E-state index is -0.283. The van der Waals surface area contributed by atoms with Gasteiger partial charge in [0.15, 0.2) is 0 Å². The van der Waals surface area contributed by atoms with Crippen molar-refractivity contribution in [2.45, 2.75) is 24.1 Å². The van der Waals surface area contributed by atoms with Crippen molar-refractivity contribution in [2.75, 3.05) is 13.1 Å². The topological polar surface area (TPSA) is 33.2 Å². The zero-order valence-electron chi connectivity index (χ0n) is 14.6. The molecule has 0 radical (unpaired) electrons. The van der Waals surface area contributed by atoms with Crippen molar-refractivity contribution < 1.29 is 4.79 Å².